The van der Waals surface area contributed by atoms with E-state index in [-0.39, 0.29) is 0 Å². The number of thiocarbonyl (C=S) groups is 1. The second-order valence-electron chi connectivity index (χ2n) is 4.84. The van der Waals surface area contributed by atoms with E-state index in [1.165, 1.54) is 19.3 Å². The molecule has 0 bridgehead atoms. The number of hydrogen-bond acceptors (Lipinski definition) is 1. The maximum Gasteiger partial charge on any atom is 0.171 e. The Hall–Kier alpha value is -0.510. The summed E-state index contributed by atoms with van der Waals surface area (Å²) >= 11 is 17.2. The Labute approximate surface area is 123 Å². The smallest absolute Gasteiger partial charge is 0.171 e. The Bertz CT molecular complexity index is 451. The lowest BCUT2D eigenvalue weighted by Crippen LogP contribution is -2.36. The number of benzene rings is 1. The third-order valence-electron chi connectivity index (χ3n) is 3.21. The molecule has 98 valence electrons. The summed E-state index contributed by atoms with van der Waals surface area (Å²) in [7, 11) is 0. The fraction of sp³-hybridized carbons (Fsp3) is 0.462. The summed E-state index contributed by atoms with van der Waals surface area (Å²) in [5, 5.41) is 8.26. The Balaban J connectivity index is 1.91. The third kappa shape index (κ3) is 3.74. The van der Waals surface area contributed by atoms with Gasteiger partial charge in [0.1, 0.15) is 0 Å². The van der Waals surface area contributed by atoms with E-state index >= 15 is 0 Å². The fourth-order valence-electron chi connectivity index (χ4n) is 2.27. The maximum absolute atomic E-state index is 6.08. The number of hydrogen-bond donors (Lipinski definition) is 2. The Morgan fingerprint density at radius 1 is 1.33 bits per heavy atom. The van der Waals surface area contributed by atoms with Crippen molar-refractivity contribution in [3.05, 3.63) is 28.2 Å². The molecule has 0 radical (unpaired) electrons. The van der Waals surface area contributed by atoms with E-state index < -0.39 is 0 Å². The second kappa shape index (κ2) is 6.09. The highest BCUT2D eigenvalue weighted by molar-refractivity contribution is 7.80. The van der Waals surface area contributed by atoms with Gasteiger partial charge in [0, 0.05) is 11.1 Å². The zero-order chi connectivity index (χ0) is 13.1. The first-order valence-electron chi connectivity index (χ1n) is 6.07. The summed E-state index contributed by atoms with van der Waals surface area (Å²) in [6, 6.07) is 5.79. The molecule has 0 saturated heterocycles. The van der Waals surface area contributed by atoms with Crippen LogP contribution in [-0.4, -0.2) is 11.2 Å². The molecule has 18 heavy (non-hydrogen) atoms. The normalized spacial score (nSPS) is 22.8. The first-order valence-corrected chi connectivity index (χ1v) is 7.23. The van der Waals surface area contributed by atoms with Crippen LogP contribution in [0.1, 0.15) is 26.2 Å². The summed E-state index contributed by atoms with van der Waals surface area (Å²) in [5.74, 6) is 0.782. The van der Waals surface area contributed by atoms with Gasteiger partial charge in [-0.05, 0) is 55.6 Å². The van der Waals surface area contributed by atoms with E-state index in [2.05, 4.69) is 17.6 Å². The largest absolute Gasteiger partial charge is 0.360 e. The lowest BCUT2D eigenvalue weighted by atomic mass is 10.1. The molecule has 1 aromatic carbocycles. The third-order valence-corrected chi connectivity index (χ3v) is 3.98. The number of halogens is 2. The van der Waals surface area contributed by atoms with Crippen LogP contribution in [0.15, 0.2) is 18.2 Å². The van der Waals surface area contributed by atoms with Gasteiger partial charge in [-0.15, -0.1) is 0 Å². The van der Waals surface area contributed by atoms with Crippen LogP contribution in [0, 0.1) is 5.92 Å². The van der Waals surface area contributed by atoms with Gasteiger partial charge < -0.3 is 10.6 Å². The van der Waals surface area contributed by atoms with Gasteiger partial charge >= 0.3 is 0 Å². The van der Waals surface area contributed by atoms with Crippen molar-refractivity contribution in [3.8, 4) is 0 Å². The molecule has 1 aliphatic rings. The Morgan fingerprint density at radius 2 is 2.11 bits per heavy atom. The van der Waals surface area contributed by atoms with Crippen LogP contribution in [-0.2, 0) is 0 Å². The first kappa shape index (κ1) is 13.9. The molecule has 1 fully saturated rings. The predicted octanol–water partition coefficient (Wildman–Crippen LogP) is 4.47. The average molecular weight is 303 g/mol. The summed E-state index contributed by atoms with van der Waals surface area (Å²) in [6.45, 7) is 2.27. The van der Waals surface area contributed by atoms with Gasteiger partial charge in [0.05, 0.1) is 10.7 Å². The van der Waals surface area contributed by atoms with Crippen molar-refractivity contribution in [2.75, 3.05) is 5.32 Å². The van der Waals surface area contributed by atoms with E-state index in [4.69, 9.17) is 35.4 Å². The molecule has 2 rings (SSSR count). The van der Waals surface area contributed by atoms with Crippen molar-refractivity contribution in [1.82, 2.24) is 5.32 Å². The van der Waals surface area contributed by atoms with E-state index in [0.717, 1.165) is 11.6 Å². The molecule has 1 aromatic rings. The van der Waals surface area contributed by atoms with Crippen LogP contribution in [0.5, 0.6) is 0 Å². The SMILES string of the molecule is CC1CCC(NC(=S)Nc2ccc(Cl)cc2Cl)C1. The quantitative estimate of drug-likeness (QED) is 0.788. The van der Waals surface area contributed by atoms with Crippen LogP contribution < -0.4 is 10.6 Å². The second-order valence-corrected chi connectivity index (χ2v) is 6.09. The molecule has 0 spiro atoms. The molecule has 0 aliphatic heterocycles. The lowest BCUT2D eigenvalue weighted by molar-refractivity contribution is 0.572. The van der Waals surface area contributed by atoms with Crippen molar-refractivity contribution in [2.24, 2.45) is 5.92 Å². The molecule has 1 aliphatic carbocycles. The van der Waals surface area contributed by atoms with Gasteiger partial charge in [-0.25, -0.2) is 0 Å². The number of rotatable bonds is 2. The summed E-state index contributed by atoms with van der Waals surface area (Å²) in [6.07, 6.45) is 3.62. The molecule has 2 nitrogen and oxygen atoms in total. The standard InChI is InChI=1S/C13H16Cl2N2S/c1-8-2-4-10(6-8)16-13(18)17-12-5-3-9(14)7-11(12)15/h3,5,7-8,10H,2,4,6H2,1H3,(H2,16,17,18). The van der Waals surface area contributed by atoms with Crippen molar-refractivity contribution in [2.45, 2.75) is 32.2 Å². The molecule has 0 aromatic heterocycles. The highest BCUT2D eigenvalue weighted by Crippen LogP contribution is 2.26. The zero-order valence-corrected chi connectivity index (χ0v) is 12.5. The molecular weight excluding hydrogens is 287 g/mol. The molecule has 2 N–H and O–H groups in total. The molecule has 1 saturated carbocycles. The van der Waals surface area contributed by atoms with E-state index in [9.17, 15) is 0 Å². The van der Waals surface area contributed by atoms with Crippen molar-refractivity contribution in [3.63, 3.8) is 0 Å². The fourth-order valence-corrected chi connectivity index (χ4v) is 3.01. The maximum atomic E-state index is 6.08. The molecule has 5 heteroatoms. The van der Waals surface area contributed by atoms with Gasteiger partial charge in [0.15, 0.2) is 5.11 Å². The lowest BCUT2D eigenvalue weighted by Gasteiger charge is -2.16. The van der Waals surface area contributed by atoms with Crippen LogP contribution in [0.2, 0.25) is 10.0 Å². The zero-order valence-electron chi connectivity index (χ0n) is 10.2. The number of nitrogens with one attached hydrogen (secondary N) is 2. The van der Waals surface area contributed by atoms with Gasteiger partial charge in [0.25, 0.3) is 0 Å². The average Bonchev–Trinajstić information content (AvgIpc) is 2.68. The molecule has 2 atom stereocenters. The molecule has 0 heterocycles. The highest BCUT2D eigenvalue weighted by atomic mass is 35.5. The van der Waals surface area contributed by atoms with Crippen LogP contribution in [0.25, 0.3) is 0 Å². The highest BCUT2D eigenvalue weighted by Gasteiger charge is 2.21. The minimum absolute atomic E-state index is 0.478. The first-order chi connectivity index (χ1) is 8.54. The summed E-state index contributed by atoms with van der Waals surface area (Å²) in [4.78, 5) is 0. The van der Waals surface area contributed by atoms with E-state index in [0.29, 0.717) is 21.2 Å². The Kier molecular flexibility index (Phi) is 4.71. The van der Waals surface area contributed by atoms with Crippen molar-refractivity contribution >= 4 is 46.2 Å². The molecule has 2 unspecified atom stereocenters. The Morgan fingerprint density at radius 3 is 2.72 bits per heavy atom. The monoisotopic (exact) mass is 302 g/mol. The minimum Gasteiger partial charge on any atom is -0.360 e. The van der Waals surface area contributed by atoms with Crippen molar-refractivity contribution in [1.29, 1.82) is 0 Å². The summed E-state index contributed by atoms with van der Waals surface area (Å²) in [5.41, 5.74) is 0.782. The number of anilines is 1. The molecule has 0 amide bonds. The topological polar surface area (TPSA) is 24.1 Å². The van der Waals surface area contributed by atoms with Gasteiger partial charge in [0.2, 0.25) is 0 Å². The van der Waals surface area contributed by atoms with Crippen molar-refractivity contribution < 1.29 is 0 Å². The minimum atomic E-state index is 0.478. The van der Waals surface area contributed by atoms with Gasteiger partial charge in [-0.1, -0.05) is 30.1 Å². The van der Waals surface area contributed by atoms with Gasteiger partial charge in [-0.3, -0.25) is 0 Å². The van der Waals surface area contributed by atoms with Crippen LogP contribution in [0.4, 0.5) is 5.69 Å². The van der Waals surface area contributed by atoms with Crippen LogP contribution >= 0.6 is 35.4 Å². The van der Waals surface area contributed by atoms with Crippen LogP contribution in [0.3, 0.4) is 0 Å². The molecular formula is C13H16Cl2N2S. The van der Waals surface area contributed by atoms with E-state index in [1.807, 2.05) is 6.07 Å². The van der Waals surface area contributed by atoms with Gasteiger partial charge in [-0.2, -0.15) is 0 Å². The predicted molar refractivity (Wildman–Crippen MR) is 82.6 cm³/mol. The summed E-state index contributed by atoms with van der Waals surface area (Å²) < 4.78 is 0. The van der Waals surface area contributed by atoms with E-state index in [1.54, 1.807) is 12.1 Å².